The molecule has 0 saturated heterocycles. The molecule has 0 bridgehead atoms. The molecule has 0 aromatic heterocycles. The van der Waals surface area contributed by atoms with E-state index in [9.17, 15) is 9.59 Å². The Hall–Kier alpha value is -3.02. The number of esters is 1. The van der Waals surface area contributed by atoms with Gasteiger partial charge in [-0.15, -0.1) is 0 Å². The fourth-order valence-corrected chi connectivity index (χ4v) is 3.11. The van der Waals surface area contributed by atoms with E-state index >= 15 is 0 Å². The number of fused-ring (bicyclic) bond motifs is 5. The highest BCUT2D eigenvalue weighted by atomic mass is 16.6. The molecule has 0 radical (unpaired) electrons. The van der Waals surface area contributed by atoms with Gasteiger partial charge in [-0.3, -0.25) is 9.69 Å². The summed E-state index contributed by atoms with van der Waals surface area (Å²) in [6.45, 7) is 0. The summed E-state index contributed by atoms with van der Waals surface area (Å²) < 4.78 is 16.1. The number of carbonyl (C=O) groups is 2. The minimum atomic E-state index is -0.778. The standard InChI is InChI=1S/C17H13NO5/c1-21-12-8-7-10-13(14(12)22-2)15(19)18-11-6-4-3-5-9(11)17(20)23-16(10)18/h3-8,16H,1-2H3. The maximum absolute atomic E-state index is 12.9. The fourth-order valence-electron chi connectivity index (χ4n) is 3.11. The van der Waals surface area contributed by atoms with Gasteiger partial charge >= 0.3 is 5.97 Å². The van der Waals surface area contributed by atoms with Gasteiger partial charge in [-0.05, 0) is 24.3 Å². The number of methoxy groups -OCH3 is 2. The highest BCUT2D eigenvalue weighted by molar-refractivity contribution is 6.16. The van der Waals surface area contributed by atoms with Crippen molar-refractivity contribution >= 4 is 17.6 Å². The van der Waals surface area contributed by atoms with Gasteiger partial charge in [-0.2, -0.15) is 0 Å². The quantitative estimate of drug-likeness (QED) is 0.797. The smallest absolute Gasteiger partial charge is 0.342 e. The summed E-state index contributed by atoms with van der Waals surface area (Å²) in [5, 5.41) is 0. The van der Waals surface area contributed by atoms with Crippen LogP contribution in [0.3, 0.4) is 0 Å². The van der Waals surface area contributed by atoms with Crippen LogP contribution in [0.1, 0.15) is 32.5 Å². The topological polar surface area (TPSA) is 65.1 Å². The molecule has 0 N–H and O–H groups in total. The van der Waals surface area contributed by atoms with Gasteiger partial charge in [0.2, 0.25) is 6.23 Å². The number of nitrogens with zero attached hydrogens (tertiary/aromatic N) is 1. The van der Waals surface area contributed by atoms with Crippen molar-refractivity contribution < 1.29 is 23.8 Å². The van der Waals surface area contributed by atoms with Gasteiger partial charge in [0.25, 0.3) is 5.91 Å². The average Bonchev–Trinajstić information content (AvgIpc) is 2.87. The third-order valence-corrected chi connectivity index (χ3v) is 4.11. The van der Waals surface area contributed by atoms with E-state index in [-0.39, 0.29) is 5.91 Å². The molecule has 1 unspecified atom stereocenters. The zero-order chi connectivity index (χ0) is 16.1. The lowest BCUT2D eigenvalue weighted by atomic mass is 10.1. The minimum Gasteiger partial charge on any atom is -0.493 e. The Morgan fingerprint density at radius 2 is 1.83 bits per heavy atom. The Balaban J connectivity index is 1.95. The molecule has 116 valence electrons. The monoisotopic (exact) mass is 311 g/mol. The molecule has 1 atom stereocenters. The molecule has 6 nitrogen and oxygen atoms in total. The number of para-hydroxylation sites is 1. The van der Waals surface area contributed by atoms with E-state index in [1.165, 1.54) is 19.1 Å². The van der Waals surface area contributed by atoms with Gasteiger partial charge in [-0.25, -0.2) is 4.79 Å². The minimum absolute atomic E-state index is 0.277. The molecule has 0 fully saturated rings. The van der Waals surface area contributed by atoms with Gasteiger partial charge in [0.1, 0.15) is 0 Å². The van der Waals surface area contributed by atoms with Crippen LogP contribution in [-0.2, 0) is 4.74 Å². The van der Waals surface area contributed by atoms with E-state index in [0.717, 1.165) is 0 Å². The normalized spacial score (nSPS) is 18.0. The number of benzene rings is 2. The molecule has 23 heavy (non-hydrogen) atoms. The average molecular weight is 311 g/mol. The molecule has 4 rings (SSSR count). The van der Waals surface area contributed by atoms with Gasteiger partial charge in [-0.1, -0.05) is 12.1 Å². The Kier molecular flexibility index (Phi) is 2.81. The molecule has 2 aromatic carbocycles. The lowest BCUT2D eigenvalue weighted by Gasteiger charge is -2.31. The molecular formula is C17H13NO5. The summed E-state index contributed by atoms with van der Waals surface area (Å²) in [4.78, 5) is 26.6. The lowest BCUT2D eigenvalue weighted by Crippen LogP contribution is -2.36. The largest absolute Gasteiger partial charge is 0.493 e. The van der Waals surface area contributed by atoms with Crippen molar-refractivity contribution in [1.29, 1.82) is 0 Å². The van der Waals surface area contributed by atoms with E-state index in [1.807, 2.05) is 0 Å². The summed E-state index contributed by atoms with van der Waals surface area (Å²) in [5.74, 6) is 0.0787. The number of hydrogen-bond donors (Lipinski definition) is 0. The van der Waals surface area contributed by atoms with Crippen LogP contribution in [0.15, 0.2) is 36.4 Å². The summed E-state index contributed by atoms with van der Waals surface area (Å²) in [5.41, 5.74) is 1.86. The fraction of sp³-hybridized carbons (Fsp3) is 0.176. The van der Waals surface area contributed by atoms with E-state index in [4.69, 9.17) is 14.2 Å². The van der Waals surface area contributed by atoms with Crippen molar-refractivity contribution in [3.05, 3.63) is 53.1 Å². The number of hydrogen-bond acceptors (Lipinski definition) is 5. The SMILES string of the molecule is COc1ccc2c(c1OC)C(=O)N1c3ccccc3C(=O)OC21. The van der Waals surface area contributed by atoms with Crippen LogP contribution in [0, 0.1) is 0 Å². The maximum atomic E-state index is 12.9. The Morgan fingerprint density at radius 1 is 1.04 bits per heavy atom. The molecule has 2 aromatic rings. The van der Waals surface area contributed by atoms with Crippen LogP contribution in [0.2, 0.25) is 0 Å². The number of anilines is 1. The van der Waals surface area contributed by atoms with Crippen molar-refractivity contribution in [3.63, 3.8) is 0 Å². The second-order valence-electron chi connectivity index (χ2n) is 5.22. The van der Waals surface area contributed by atoms with E-state index in [2.05, 4.69) is 0 Å². The third kappa shape index (κ3) is 1.69. The highest BCUT2D eigenvalue weighted by Crippen LogP contribution is 2.48. The molecule has 1 amide bonds. The summed E-state index contributed by atoms with van der Waals surface area (Å²) in [6, 6.07) is 10.3. The number of ether oxygens (including phenoxy) is 3. The van der Waals surface area contributed by atoms with Crippen LogP contribution in [-0.4, -0.2) is 26.1 Å². The van der Waals surface area contributed by atoms with Gasteiger partial charge in [0.05, 0.1) is 31.0 Å². The first-order chi connectivity index (χ1) is 11.2. The number of carbonyl (C=O) groups excluding carboxylic acids is 2. The molecule has 2 heterocycles. The number of rotatable bonds is 2. The van der Waals surface area contributed by atoms with Crippen molar-refractivity contribution in [2.45, 2.75) is 6.23 Å². The van der Waals surface area contributed by atoms with Gasteiger partial charge < -0.3 is 14.2 Å². The summed E-state index contributed by atoms with van der Waals surface area (Å²) in [6.07, 6.45) is -0.778. The van der Waals surface area contributed by atoms with Crippen LogP contribution in [0.4, 0.5) is 5.69 Å². The Bertz CT molecular complexity index is 845. The van der Waals surface area contributed by atoms with Crippen LogP contribution < -0.4 is 14.4 Å². The first kappa shape index (κ1) is 13.6. The Morgan fingerprint density at radius 3 is 2.57 bits per heavy atom. The zero-order valence-electron chi connectivity index (χ0n) is 12.5. The predicted molar refractivity (Wildman–Crippen MR) is 81.0 cm³/mol. The third-order valence-electron chi connectivity index (χ3n) is 4.11. The lowest BCUT2D eigenvalue weighted by molar-refractivity contribution is 0.0273. The van der Waals surface area contributed by atoms with E-state index in [0.29, 0.717) is 33.9 Å². The van der Waals surface area contributed by atoms with E-state index < -0.39 is 12.2 Å². The van der Waals surface area contributed by atoms with Crippen molar-refractivity contribution in [2.24, 2.45) is 0 Å². The molecule has 6 heteroatoms. The van der Waals surface area contributed by atoms with E-state index in [1.54, 1.807) is 36.4 Å². The van der Waals surface area contributed by atoms with Crippen molar-refractivity contribution in [3.8, 4) is 11.5 Å². The molecule has 0 saturated carbocycles. The van der Waals surface area contributed by atoms with Crippen LogP contribution >= 0.6 is 0 Å². The molecule has 0 spiro atoms. The molecule has 2 aliphatic heterocycles. The van der Waals surface area contributed by atoms with Gasteiger partial charge in [0.15, 0.2) is 11.5 Å². The van der Waals surface area contributed by atoms with Crippen molar-refractivity contribution in [1.82, 2.24) is 0 Å². The molecule has 2 aliphatic rings. The Labute approximate surface area is 132 Å². The van der Waals surface area contributed by atoms with Crippen LogP contribution in [0.25, 0.3) is 0 Å². The highest BCUT2D eigenvalue weighted by Gasteiger charge is 2.47. The van der Waals surface area contributed by atoms with Crippen molar-refractivity contribution in [2.75, 3.05) is 19.1 Å². The first-order valence-corrected chi connectivity index (χ1v) is 7.05. The first-order valence-electron chi connectivity index (χ1n) is 7.05. The maximum Gasteiger partial charge on any atom is 0.342 e. The molecular weight excluding hydrogens is 298 g/mol. The van der Waals surface area contributed by atoms with Gasteiger partial charge in [0, 0.05) is 5.56 Å². The second-order valence-corrected chi connectivity index (χ2v) is 5.22. The van der Waals surface area contributed by atoms with Crippen LogP contribution in [0.5, 0.6) is 11.5 Å². The zero-order valence-corrected chi connectivity index (χ0v) is 12.5. The number of amides is 1. The second kappa shape index (κ2) is 4.74. The summed E-state index contributed by atoms with van der Waals surface area (Å²) in [7, 11) is 2.98. The molecule has 0 aliphatic carbocycles. The summed E-state index contributed by atoms with van der Waals surface area (Å²) >= 11 is 0. The predicted octanol–water partition coefficient (Wildman–Crippen LogP) is 2.53.